The minimum Gasteiger partial charge on any atom is -0.454 e. The van der Waals surface area contributed by atoms with Crippen molar-refractivity contribution in [2.24, 2.45) is 0 Å². The standard InChI is InChI=1S/C15H16BrNO2S/c1-9-3-12(20-10(9)2)7-17-6-11-4-13(16)15-14(5-11)18-8-19-15/h3-5,17H,6-8H2,1-2H3. The van der Waals surface area contributed by atoms with Crippen LogP contribution in [0.5, 0.6) is 11.5 Å². The van der Waals surface area contributed by atoms with Crippen molar-refractivity contribution >= 4 is 27.3 Å². The fourth-order valence-electron chi connectivity index (χ4n) is 2.19. The maximum atomic E-state index is 5.43. The molecule has 0 amide bonds. The summed E-state index contributed by atoms with van der Waals surface area (Å²) in [7, 11) is 0. The highest BCUT2D eigenvalue weighted by atomic mass is 79.9. The van der Waals surface area contributed by atoms with Crippen molar-refractivity contribution in [3.63, 3.8) is 0 Å². The van der Waals surface area contributed by atoms with Crippen molar-refractivity contribution in [3.05, 3.63) is 43.6 Å². The topological polar surface area (TPSA) is 30.5 Å². The number of thiophene rings is 1. The molecular weight excluding hydrogens is 338 g/mol. The molecule has 106 valence electrons. The van der Waals surface area contributed by atoms with Gasteiger partial charge in [-0.25, -0.2) is 0 Å². The average Bonchev–Trinajstić information content (AvgIpc) is 2.98. The van der Waals surface area contributed by atoms with Gasteiger partial charge in [-0.1, -0.05) is 0 Å². The van der Waals surface area contributed by atoms with Gasteiger partial charge in [0.15, 0.2) is 11.5 Å². The van der Waals surface area contributed by atoms with Crippen molar-refractivity contribution in [2.75, 3.05) is 6.79 Å². The molecular formula is C15H16BrNO2S. The zero-order valence-electron chi connectivity index (χ0n) is 11.5. The number of ether oxygens (including phenoxy) is 2. The highest BCUT2D eigenvalue weighted by Crippen LogP contribution is 2.39. The second kappa shape index (κ2) is 5.76. The fraction of sp³-hybridized carbons (Fsp3) is 0.333. The molecule has 3 rings (SSSR count). The van der Waals surface area contributed by atoms with Gasteiger partial charge in [0.05, 0.1) is 4.47 Å². The van der Waals surface area contributed by atoms with Gasteiger partial charge in [-0.15, -0.1) is 11.3 Å². The van der Waals surface area contributed by atoms with E-state index in [1.54, 1.807) is 0 Å². The zero-order valence-corrected chi connectivity index (χ0v) is 13.9. The van der Waals surface area contributed by atoms with Crippen molar-refractivity contribution in [2.45, 2.75) is 26.9 Å². The molecule has 1 aliphatic heterocycles. The number of aryl methyl sites for hydroxylation is 2. The summed E-state index contributed by atoms with van der Waals surface area (Å²) in [5.41, 5.74) is 2.56. The molecule has 0 aliphatic carbocycles. The SMILES string of the molecule is Cc1cc(CNCc2cc(Br)c3c(c2)OCO3)sc1C. The Balaban J connectivity index is 1.63. The fourth-order valence-corrected chi connectivity index (χ4v) is 3.82. The van der Waals surface area contributed by atoms with Crippen LogP contribution in [0.2, 0.25) is 0 Å². The smallest absolute Gasteiger partial charge is 0.231 e. The summed E-state index contributed by atoms with van der Waals surface area (Å²) >= 11 is 5.37. The van der Waals surface area contributed by atoms with E-state index >= 15 is 0 Å². The number of rotatable bonds is 4. The predicted molar refractivity (Wildman–Crippen MR) is 84.6 cm³/mol. The maximum absolute atomic E-state index is 5.43. The molecule has 0 saturated heterocycles. The van der Waals surface area contributed by atoms with Crippen LogP contribution in [-0.2, 0) is 13.1 Å². The first-order chi connectivity index (χ1) is 9.63. The van der Waals surface area contributed by atoms with E-state index in [4.69, 9.17) is 9.47 Å². The molecule has 2 aromatic rings. The van der Waals surface area contributed by atoms with E-state index in [0.29, 0.717) is 6.79 Å². The largest absolute Gasteiger partial charge is 0.454 e. The molecule has 2 heterocycles. The highest BCUT2D eigenvalue weighted by Gasteiger charge is 2.17. The Labute approximate surface area is 131 Å². The number of benzene rings is 1. The maximum Gasteiger partial charge on any atom is 0.231 e. The molecule has 1 aromatic carbocycles. The lowest BCUT2D eigenvalue weighted by Crippen LogP contribution is -2.11. The molecule has 1 aliphatic rings. The van der Waals surface area contributed by atoms with Gasteiger partial charge in [-0.2, -0.15) is 0 Å². The van der Waals surface area contributed by atoms with Crippen LogP contribution in [-0.4, -0.2) is 6.79 Å². The van der Waals surface area contributed by atoms with Gasteiger partial charge in [0.25, 0.3) is 0 Å². The van der Waals surface area contributed by atoms with Gasteiger partial charge in [0.1, 0.15) is 0 Å². The van der Waals surface area contributed by atoms with E-state index in [-0.39, 0.29) is 0 Å². The van der Waals surface area contributed by atoms with Crippen LogP contribution in [0.25, 0.3) is 0 Å². The summed E-state index contributed by atoms with van der Waals surface area (Å²) in [5.74, 6) is 1.62. The number of fused-ring (bicyclic) bond motifs is 1. The minimum absolute atomic E-state index is 0.304. The molecule has 0 spiro atoms. The molecule has 0 atom stereocenters. The lowest BCUT2D eigenvalue weighted by molar-refractivity contribution is 0.173. The van der Waals surface area contributed by atoms with Gasteiger partial charge >= 0.3 is 0 Å². The summed E-state index contributed by atoms with van der Waals surface area (Å²) < 4.78 is 11.8. The molecule has 1 N–H and O–H groups in total. The predicted octanol–water partition coefficient (Wildman–Crippen LogP) is 4.15. The summed E-state index contributed by atoms with van der Waals surface area (Å²) in [6.45, 7) is 6.33. The lowest BCUT2D eigenvalue weighted by atomic mass is 10.2. The Morgan fingerprint density at radius 1 is 1.20 bits per heavy atom. The molecule has 0 radical (unpaired) electrons. The molecule has 0 unspecified atom stereocenters. The molecule has 3 nitrogen and oxygen atoms in total. The van der Waals surface area contributed by atoms with Crippen molar-refractivity contribution in [3.8, 4) is 11.5 Å². The number of hydrogen-bond donors (Lipinski definition) is 1. The Hall–Kier alpha value is -1.04. The van der Waals surface area contributed by atoms with E-state index in [0.717, 1.165) is 29.1 Å². The van der Waals surface area contributed by atoms with Crippen molar-refractivity contribution in [1.29, 1.82) is 0 Å². The molecule has 1 aromatic heterocycles. The van der Waals surface area contributed by atoms with Gasteiger partial charge in [-0.3, -0.25) is 0 Å². The Morgan fingerprint density at radius 3 is 2.80 bits per heavy atom. The van der Waals surface area contributed by atoms with Crippen LogP contribution in [0.15, 0.2) is 22.7 Å². The van der Waals surface area contributed by atoms with Crippen LogP contribution in [0.1, 0.15) is 20.9 Å². The molecule has 0 fully saturated rings. The van der Waals surface area contributed by atoms with Crippen LogP contribution in [0.4, 0.5) is 0 Å². The monoisotopic (exact) mass is 353 g/mol. The second-order valence-corrected chi connectivity index (χ2v) is 7.06. The van der Waals surface area contributed by atoms with Crippen LogP contribution >= 0.6 is 27.3 Å². The highest BCUT2D eigenvalue weighted by molar-refractivity contribution is 9.10. The Morgan fingerprint density at radius 2 is 2.05 bits per heavy atom. The molecule has 5 heteroatoms. The van der Waals surface area contributed by atoms with Crippen molar-refractivity contribution < 1.29 is 9.47 Å². The van der Waals surface area contributed by atoms with E-state index in [1.165, 1.54) is 20.9 Å². The first-order valence-electron chi connectivity index (χ1n) is 6.48. The van der Waals surface area contributed by atoms with Crippen molar-refractivity contribution in [1.82, 2.24) is 5.32 Å². The van der Waals surface area contributed by atoms with Gasteiger partial charge in [0, 0.05) is 22.8 Å². The van der Waals surface area contributed by atoms with Gasteiger partial charge in [-0.05, 0) is 59.1 Å². The zero-order chi connectivity index (χ0) is 14.1. The minimum atomic E-state index is 0.304. The number of halogens is 1. The molecule has 20 heavy (non-hydrogen) atoms. The Bertz CT molecular complexity index is 620. The third-order valence-corrected chi connectivity index (χ3v) is 5.07. The summed E-state index contributed by atoms with van der Waals surface area (Å²) in [4.78, 5) is 2.77. The summed E-state index contributed by atoms with van der Waals surface area (Å²) in [5, 5.41) is 3.47. The summed E-state index contributed by atoms with van der Waals surface area (Å²) in [6, 6.07) is 6.36. The third kappa shape index (κ3) is 2.85. The molecule has 0 bridgehead atoms. The normalized spacial score (nSPS) is 12.9. The third-order valence-electron chi connectivity index (χ3n) is 3.33. The van der Waals surface area contributed by atoms with Crippen LogP contribution in [0.3, 0.4) is 0 Å². The average molecular weight is 354 g/mol. The van der Waals surface area contributed by atoms with Crippen LogP contribution < -0.4 is 14.8 Å². The quantitative estimate of drug-likeness (QED) is 0.895. The Kier molecular flexibility index (Phi) is 4.01. The van der Waals surface area contributed by atoms with Gasteiger partial charge < -0.3 is 14.8 Å². The number of hydrogen-bond acceptors (Lipinski definition) is 4. The first kappa shape index (κ1) is 13.9. The van der Waals surface area contributed by atoms with E-state index < -0.39 is 0 Å². The van der Waals surface area contributed by atoms with E-state index in [1.807, 2.05) is 17.4 Å². The van der Waals surface area contributed by atoms with E-state index in [9.17, 15) is 0 Å². The summed E-state index contributed by atoms with van der Waals surface area (Å²) in [6.07, 6.45) is 0. The van der Waals surface area contributed by atoms with Crippen LogP contribution in [0, 0.1) is 13.8 Å². The lowest BCUT2D eigenvalue weighted by Gasteiger charge is -2.06. The molecule has 0 saturated carbocycles. The number of nitrogens with one attached hydrogen (secondary N) is 1. The van der Waals surface area contributed by atoms with E-state index in [2.05, 4.69) is 47.2 Å². The van der Waals surface area contributed by atoms with Gasteiger partial charge in [0.2, 0.25) is 6.79 Å². The second-order valence-electron chi connectivity index (χ2n) is 4.87. The first-order valence-corrected chi connectivity index (χ1v) is 8.09.